The quantitative estimate of drug-likeness (QED) is 0.111. The average molecular weight is 477 g/mol. The van der Waals surface area contributed by atoms with Crippen LogP contribution < -0.4 is 5.32 Å². The largest absolute Gasteiger partial charge is 0.462 e. The summed E-state index contributed by atoms with van der Waals surface area (Å²) in [5.74, 6) is -0.416. The predicted molar refractivity (Wildman–Crippen MR) is 132 cm³/mol. The van der Waals surface area contributed by atoms with Crippen molar-refractivity contribution in [1.29, 1.82) is 5.26 Å². The molecule has 0 bridgehead atoms. The van der Waals surface area contributed by atoms with Gasteiger partial charge in [0.15, 0.2) is 0 Å². The highest BCUT2D eigenvalue weighted by molar-refractivity contribution is 7.11. The van der Waals surface area contributed by atoms with E-state index in [-0.39, 0.29) is 5.69 Å². The minimum absolute atomic E-state index is 0.000774. The molecule has 9 heteroatoms. The average Bonchev–Trinajstić information content (AvgIpc) is 3.34. The van der Waals surface area contributed by atoms with E-state index < -0.39 is 10.9 Å². The lowest BCUT2D eigenvalue weighted by Crippen LogP contribution is -2.09. The van der Waals surface area contributed by atoms with E-state index in [9.17, 15) is 20.2 Å². The van der Waals surface area contributed by atoms with Crippen molar-refractivity contribution < 1.29 is 14.5 Å². The number of nitro groups is 1. The maximum absolute atomic E-state index is 12.5. The highest BCUT2D eigenvalue weighted by atomic mass is 32.1. The fourth-order valence-electron chi connectivity index (χ4n) is 3.13. The molecular formula is C25H24N4O4S. The highest BCUT2D eigenvalue weighted by Gasteiger charge is 2.14. The number of allylic oxidation sites excluding steroid dienone is 1. The molecular weight excluding hydrogens is 452 g/mol. The molecule has 0 amide bonds. The number of thiazole rings is 1. The third-order valence-electron chi connectivity index (χ3n) is 4.98. The highest BCUT2D eigenvalue weighted by Crippen LogP contribution is 2.27. The van der Waals surface area contributed by atoms with Crippen LogP contribution in [-0.2, 0) is 4.74 Å². The summed E-state index contributed by atoms with van der Waals surface area (Å²) in [7, 11) is 0. The number of hydrogen-bond donors (Lipinski definition) is 1. The number of carbonyl (C=O) groups is 1. The molecule has 0 aliphatic carbocycles. The second-order valence-electron chi connectivity index (χ2n) is 7.40. The summed E-state index contributed by atoms with van der Waals surface area (Å²) in [5.41, 5.74) is 2.53. The SMILES string of the molecule is CCCCCCOC(=O)c1ccccc1N/C=C(\C#N)c1nc(-c2ccc([N+](=O)[O-])cc2)cs1. The standard InChI is InChI=1S/C25H24N4O4S/c1-2-3-4-7-14-33-25(30)21-8-5-6-9-22(21)27-16-19(15-26)24-28-23(17-34-24)18-10-12-20(13-11-18)29(31)32/h5-6,8-13,16-17,27H,2-4,7,14H2,1H3/b19-16+. The first kappa shape index (κ1) is 24.6. The molecule has 0 aliphatic rings. The van der Waals surface area contributed by atoms with Crippen molar-refractivity contribution in [3.05, 3.63) is 80.8 Å². The van der Waals surface area contributed by atoms with Crippen LogP contribution in [0.15, 0.2) is 60.1 Å². The van der Waals surface area contributed by atoms with Crippen molar-refractivity contribution >= 4 is 34.3 Å². The van der Waals surface area contributed by atoms with Gasteiger partial charge in [0.2, 0.25) is 0 Å². The molecule has 2 aromatic carbocycles. The molecule has 1 N–H and O–H groups in total. The Morgan fingerprint density at radius 3 is 2.68 bits per heavy atom. The molecule has 0 atom stereocenters. The molecule has 0 saturated heterocycles. The number of nitro benzene ring substituents is 1. The molecule has 1 heterocycles. The van der Waals surface area contributed by atoms with Crippen molar-refractivity contribution in [2.45, 2.75) is 32.6 Å². The van der Waals surface area contributed by atoms with Crippen LogP contribution >= 0.6 is 11.3 Å². The van der Waals surface area contributed by atoms with E-state index in [2.05, 4.69) is 23.3 Å². The summed E-state index contributed by atoms with van der Waals surface area (Å²) in [5, 5.41) is 25.8. The first-order valence-electron chi connectivity index (χ1n) is 10.9. The van der Waals surface area contributed by atoms with Gasteiger partial charge in [-0.3, -0.25) is 10.1 Å². The van der Waals surface area contributed by atoms with Gasteiger partial charge in [-0.15, -0.1) is 11.3 Å². The number of nitrogens with zero attached hydrogens (tertiary/aromatic N) is 3. The molecule has 34 heavy (non-hydrogen) atoms. The maximum atomic E-state index is 12.5. The zero-order valence-electron chi connectivity index (χ0n) is 18.7. The van der Waals surface area contributed by atoms with Gasteiger partial charge in [-0.2, -0.15) is 5.26 Å². The zero-order valence-corrected chi connectivity index (χ0v) is 19.5. The van der Waals surface area contributed by atoms with Gasteiger partial charge in [0, 0.05) is 29.3 Å². The molecule has 0 unspecified atom stereocenters. The van der Waals surface area contributed by atoms with Crippen molar-refractivity contribution in [1.82, 2.24) is 4.98 Å². The van der Waals surface area contributed by atoms with E-state index in [0.717, 1.165) is 25.7 Å². The van der Waals surface area contributed by atoms with E-state index in [1.807, 2.05) is 0 Å². The van der Waals surface area contributed by atoms with E-state index in [4.69, 9.17) is 4.74 Å². The maximum Gasteiger partial charge on any atom is 0.340 e. The van der Waals surface area contributed by atoms with E-state index in [1.165, 1.54) is 29.7 Å². The normalized spacial score (nSPS) is 11.0. The Hall–Kier alpha value is -4.03. The lowest BCUT2D eigenvalue weighted by Gasteiger charge is -2.09. The summed E-state index contributed by atoms with van der Waals surface area (Å²) >= 11 is 1.28. The lowest BCUT2D eigenvalue weighted by atomic mass is 10.1. The number of nitrogens with one attached hydrogen (secondary N) is 1. The van der Waals surface area contributed by atoms with Gasteiger partial charge in [-0.25, -0.2) is 9.78 Å². The number of carbonyl (C=O) groups excluding carboxylic acids is 1. The van der Waals surface area contributed by atoms with Crippen LogP contribution in [0.4, 0.5) is 11.4 Å². The number of nitriles is 1. The number of benzene rings is 2. The van der Waals surface area contributed by atoms with Crippen molar-refractivity contribution in [2.75, 3.05) is 11.9 Å². The van der Waals surface area contributed by atoms with E-state index in [1.54, 1.807) is 41.8 Å². The van der Waals surface area contributed by atoms with Crippen LogP contribution in [0.2, 0.25) is 0 Å². The Morgan fingerprint density at radius 2 is 1.97 bits per heavy atom. The number of unbranched alkanes of at least 4 members (excludes halogenated alkanes) is 3. The van der Waals surface area contributed by atoms with Gasteiger partial charge in [0.05, 0.1) is 28.5 Å². The summed E-state index contributed by atoms with van der Waals surface area (Å²) in [6, 6.07) is 15.1. The molecule has 0 spiro atoms. The van der Waals surface area contributed by atoms with Crippen LogP contribution in [0.5, 0.6) is 0 Å². The second kappa shape index (κ2) is 12.3. The number of esters is 1. The van der Waals surface area contributed by atoms with Gasteiger partial charge in [-0.05, 0) is 30.7 Å². The van der Waals surface area contributed by atoms with Crippen LogP contribution in [0.1, 0.15) is 48.0 Å². The number of hydrogen-bond acceptors (Lipinski definition) is 8. The first-order chi connectivity index (χ1) is 16.5. The Morgan fingerprint density at radius 1 is 1.21 bits per heavy atom. The third kappa shape index (κ3) is 6.49. The third-order valence-corrected chi connectivity index (χ3v) is 5.85. The Bertz CT molecular complexity index is 1210. The Labute approximate surface area is 201 Å². The molecule has 3 aromatic rings. The van der Waals surface area contributed by atoms with Gasteiger partial charge in [0.1, 0.15) is 16.6 Å². The number of non-ortho nitro benzene ring substituents is 1. The van der Waals surface area contributed by atoms with E-state index >= 15 is 0 Å². The summed E-state index contributed by atoms with van der Waals surface area (Å²) in [4.78, 5) is 27.4. The van der Waals surface area contributed by atoms with Crippen LogP contribution in [-0.4, -0.2) is 22.5 Å². The lowest BCUT2D eigenvalue weighted by molar-refractivity contribution is -0.384. The minimum atomic E-state index is -0.460. The fourth-order valence-corrected chi connectivity index (χ4v) is 3.93. The topological polar surface area (TPSA) is 118 Å². The molecule has 1 aromatic heterocycles. The first-order valence-corrected chi connectivity index (χ1v) is 11.7. The van der Waals surface area contributed by atoms with Crippen molar-refractivity contribution in [3.8, 4) is 17.3 Å². The van der Waals surface area contributed by atoms with E-state index in [0.29, 0.717) is 39.7 Å². The smallest absolute Gasteiger partial charge is 0.340 e. The van der Waals surface area contributed by atoms with Crippen LogP contribution in [0.3, 0.4) is 0 Å². The number of anilines is 1. The van der Waals surface area contributed by atoms with Gasteiger partial charge in [0.25, 0.3) is 5.69 Å². The monoisotopic (exact) mass is 476 g/mol. The number of rotatable bonds is 11. The molecule has 0 aliphatic heterocycles. The summed E-state index contributed by atoms with van der Waals surface area (Å²) < 4.78 is 5.39. The van der Waals surface area contributed by atoms with Gasteiger partial charge < -0.3 is 10.1 Å². The van der Waals surface area contributed by atoms with Crippen molar-refractivity contribution in [2.24, 2.45) is 0 Å². The molecule has 0 radical (unpaired) electrons. The van der Waals surface area contributed by atoms with Crippen molar-refractivity contribution in [3.63, 3.8) is 0 Å². The number of para-hydroxylation sites is 1. The number of ether oxygens (including phenoxy) is 1. The second-order valence-corrected chi connectivity index (χ2v) is 8.26. The fraction of sp³-hybridized carbons (Fsp3) is 0.240. The van der Waals surface area contributed by atoms with Gasteiger partial charge in [-0.1, -0.05) is 38.3 Å². The zero-order chi connectivity index (χ0) is 24.3. The number of aromatic nitrogens is 1. The van der Waals surface area contributed by atoms with Crippen LogP contribution in [0, 0.1) is 21.4 Å². The molecule has 174 valence electrons. The predicted octanol–water partition coefficient (Wildman–Crippen LogP) is 6.43. The molecule has 0 fully saturated rings. The summed E-state index contributed by atoms with van der Waals surface area (Å²) in [6.07, 6.45) is 5.58. The molecule has 3 rings (SSSR count). The minimum Gasteiger partial charge on any atom is -0.462 e. The summed E-state index contributed by atoms with van der Waals surface area (Å²) in [6.45, 7) is 2.50. The Kier molecular flexibility index (Phi) is 8.88. The van der Waals surface area contributed by atoms with Crippen LogP contribution in [0.25, 0.3) is 16.8 Å². The Balaban J connectivity index is 1.71. The van der Waals surface area contributed by atoms with Gasteiger partial charge >= 0.3 is 5.97 Å². The molecule has 0 saturated carbocycles. The molecule has 8 nitrogen and oxygen atoms in total.